The van der Waals surface area contributed by atoms with Crippen LogP contribution in [-0.4, -0.2) is 30.7 Å². The van der Waals surface area contributed by atoms with Gasteiger partial charge in [-0.3, -0.25) is 0 Å². The van der Waals surface area contributed by atoms with Gasteiger partial charge in [0, 0.05) is 11.6 Å². The Labute approximate surface area is 135 Å². The van der Waals surface area contributed by atoms with E-state index in [2.05, 4.69) is 10.6 Å². The second kappa shape index (κ2) is 7.29. The maximum absolute atomic E-state index is 13.8. The third-order valence-corrected chi connectivity index (χ3v) is 3.10. The fraction of sp³-hybridized carbons (Fsp3) is 0.688. The lowest BCUT2D eigenvalue weighted by molar-refractivity contribution is -0.00527. The van der Waals surface area contributed by atoms with Gasteiger partial charge in [0.1, 0.15) is 17.1 Å². The Hall–Kier alpha value is -1.63. The number of hydrogen-bond acceptors (Lipinski definition) is 4. The number of alkyl halides is 2. The minimum absolute atomic E-state index is 0.278. The number of halogens is 2. The molecule has 1 amide bonds. The second-order valence-corrected chi connectivity index (χ2v) is 6.68. The maximum atomic E-state index is 13.8. The van der Waals surface area contributed by atoms with Crippen LogP contribution in [0.3, 0.4) is 0 Å². The van der Waals surface area contributed by atoms with E-state index in [1.54, 1.807) is 34.6 Å². The molecule has 0 fully saturated rings. The van der Waals surface area contributed by atoms with Crippen molar-refractivity contribution in [1.82, 2.24) is 10.6 Å². The zero-order valence-corrected chi connectivity index (χ0v) is 14.5. The summed E-state index contributed by atoms with van der Waals surface area (Å²) in [4.78, 5) is 11.4. The van der Waals surface area contributed by atoms with Gasteiger partial charge in [-0.25, -0.2) is 13.6 Å². The Morgan fingerprint density at radius 3 is 2.39 bits per heavy atom. The first-order valence-electron chi connectivity index (χ1n) is 7.54. The fourth-order valence-electron chi connectivity index (χ4n) is 2.07. The van der Waals surface area contributed by atoms with Crippen molar-refractivity contribution in [3.8, 4) is 0 Å². The predicted octanol–water partition coefficient (Wildman–Crippen LogP) is 3.71. The average molecular weight is 332 g/mol. The maximum Gasteiger partial charge on any atom is 0.407 e. The Morgan fingerprint density at radius 1 is 1.30 bits per heavy atom. The number of amides is 1. The third-order valence-electron chi connectivity index (χ3n) is 3.10. The molecule has 1 aromatic heterocycles. The molecule has 0 radical (unpaired) electrons. The number of carbonyl (C=O) groups is 1. The van der Waals surface area contributed by atoms with E-state index in [0.717, 1.165) is 11.3 Å². The molecule has 1 atom stereocenters. The van der Waals surface area contributed by atoms with Crippen LogP contribution >= 0.6 is 0 Å². The molecule has 23 heavy (non-hydrogen) atoms. The Balaban J connectivity index is 2.46. The molecule has 0 saturated carbocycles. The zero-order valence-electron chi connectivity index (χ0n) is 14.5. The van der Waals surface area contributed by atoms with E-state index in [-0.39, 0.29) is 6.04 Å². The average Bonchev–Trinajstić information content (AvgIpc) is 2.71. The van der Waals surface area contributed by atoms with Gasteiger partial charge in [0.25, 0.3) is 5.92 Å². The van der Waals surface area contributed by atoms with Gasteiger partial charge in [-0.1, -0.05) is 0 Å². The standard InChI is InChI=1S/C16H26F2N2O3/c1-10-7-13(12(3)22-10)11(2)19-8-16(17,18)9-20-14(21)23-15(4,5)6/h7,11,19H,8-9H2,1-6H3,(H,20,21). The molecule has 5 nitrogen and oxygen atoms in total. The quantitative estimate of drug-likeness (QED) is 0.833. The Kier molecular flexibility index (Phi) is 6.16. The lowest BCUT2D eigenvalue weighted by Gasteiger charge is -2.23. The van der Waals surface area contributed by atoms with E-state index in [1.165, 1.54) is 0 Å². The molecule has 1 rings (SSSR count). The number of hydrogen-bond donors (Lipinski definition) is 2. The van der Waals surface area contributed by atoms with Crippen molar-refractivity contribution in [3.05, 3.63) is 23.2 Å². The molecule has 0 spiro atoms. The molecular weight excluding hydrogens is 306 g/mol. The smallest absolute Gasteiger partial charge is 0.407 e. The van der Waals surface area contributed by atoms with Crippen molar-refractivity contribution in [2.45, 2.75) is 59.1 Å². The van der Waals surface area contributed by atoms with Gasteiger partial charge in [0.2, 0.25) is 0 Å². The van der Waals surface area contributed by atoms with E-state index in [9.17, 15) is 13.6 Å². The molecule has 2 N–H and O–H groups in total. The van der Waals surface area contributed by atoms with Crippen molar-refractivity contribution < 1.29 is 22.7 Å². The van der Waals surface area contributed by atoms with Crippen LogP contribution in [0.1, 0.15) is 50.8 Å². The van der Waals surface area contributed by atoms with E-state index < -0.39 is 30.7 Å². The van der Waals surface area contributed by atoms with Gasteiger partial charge in [-0.15, -0.1) is 0 Å². The summed E-state index contributed by atoms with van der Waals surface area (Å²) in [5.41, 5.74) is 0.126. The van der Waals surface area contributed by atoms with Crippen molar-refractivity contribution in [2.24, 2.45) is 0 Å². The van der Waals surface area contributed by atoms with E-state index in [1.807, 2.05) is 13.0 Å². The minimum atomic E-state index is -3.09. The van der Waals surface area contributed by atoms with Crippen LogP contribution in [0.4, 0.5) is 13.6 Å². The van der Waals surface area contributed by atoms with Crippen molar-refractivity contribution >= 4 is 6.09 Å². The number of alkyl carbamates (subject to hydrolysis) is 1. The number of aryl methyl sites for hydroxylation is 2. The topological polar surface area (TPSA) is 63.5 Å². The molecule has 0 aromatic carbocycles. The number of carbonyl (C=O) groups excluding carboxylic acids is 1. The molecule has 7 heteroatoms. The highest BCUT2D eigenvalue weighted by atomic mass is 19.3. The molecule has 1 aromatic rings. The summed E-state index contributed by atoms with van der Waals surface area (Å²) in [7, 11) is 0. The van der Waals surface area contributed by atoms with E-state index >= 15 is 0 Å². The van der Waals surface area contributed by atoms with Crippen LogP contribution in [0.25, 0.3) is 0 Å². The summed E-state index contributed by atoms with van der Waals surface area (Å²) in [6.45, 7) is 9.05. The molecule has 1 heterocycles. The van der Waals surface area contributed by atoms with E-state index in [4.69, 9.17) is 9.15 Å². The highest BCUT2D eigenvalue weighted by Crippen LogP contribution is 2.22. The van der Waals surface area contributed by atoms with Crippen LogP contribution in [0, 0.1) is 13.8 Å². The summed E-state index contributed by atoms with van der Waals surface area (Å²) in [5, 5.41) is 4.85. The van der Waals surface area contributed by atoms with Crippen molar-refractivity contribution in [3.63, 3.8) is 0 Å². The number of ether oxygens (including phenoxy) is 1. The number of nitrogens with one attached hydrogen (secondary N) is 2. The van der Waals surface area contributed by atoms with Crippen LogP contribution in [-0.2, 0) is 4.74 Å². The second-order valence-electron chi connectivity index (χ2n) is 6.68. The van der Waals surface area contributed by atoms with Gasteiger partial charge in [0.05, 0.1) is 13.1 Å². The molecule has 1 unspecified atom stereocenters. The molecule has 0 aliphatic rings. The lowest BCUT2D eigenvalue weighted by atomic mass is 10.1. The predicted molar refractivity (Wildman–Crippen MR) is 83.8 cm³/mol. The number of furan rings is 1. The monoisotopic (exact) mass is 332 g/mol. The minimum Gasteiger partial charge on any atom is -0.466 e. The highest BCUT2D eigenvalue weighted by molar-refractivity contribution is 5.67. The van der Waals surface area contributed by atoms with Crippen LogP contribution in [0.5, 0.6) is 0 Å². The van der Waals surface area contributed by atoms with Gasteiger partial charge in [0.15, 0.2) is 0 Å². The summed E-state index contributed by atoms with van der Waals surface area (Å²) in [6, 6.07) is 1.55. The van der Waals surface area contributed by atoms with Gasteiger partial charge >= 0.3 is 6.09 Å². The van der Waals surface area contributed by atoms with E-state index in [0.29, 0.717) is 5.76 Å². The van der Waals surface area contributed by atoms with Gasteiger partial charge < -0.3 is 19.8 Å². The first-order chi connectivity index (χ1) is 10.4. The van der Waals surface area contributed by atoms with Crippen LogP contribution < -0.4 is 10.6 Å². The van der Waals surface area contributed by atoms with Crippen LogP contribution in [0.2, 0.25) is 0 Å². The zero-order chi connectivity index (χ0) is 17.8. The Bertz CT molecular complexity index is 536. The molecule has 132 valence electrons. The fourth-order valence-corrected chi connectivity index (χ4v) is 2.07. The summed E-state index contributed by atoms with van der Waals surface area (Å²) in [5.74, 6) is -1.64. The molecule has 0 aliphatic carbocycles. The van der Waals surface area contributed by atoms with Crippen LogP contribution in [0.15, 0.2) is 10.5 Å². The van der Waals surface area contributed by atoms with Gasteiger partial charge in [-0.05, 0) is 47.6 Å². The summed E-state index contributed by atoms with van der Waals surface area (Å²) >= 11 is 0. The molecular formula is C16H26F2N2O3. The highest BCUT2D eigenvalue weighted by Gasteiger charge is 2.31. The first kappa shape index (κ1) is 19.4. The summed E-state index contributed by atoms with van der Waals surface area (Å²) in [6.07, 6.45) is -0.855. The normalized spacial score (nSPS) is 13.7. The molecule has 0 saturated heterocycles. The lowest BCUT2D eigenvalue weighted by Crippen LogP contribution is -2.45. The molecule has 0 bridgehead atoms. The Morgan fingerprint density at radius 2 is 1.91 bits per heavy atom. The first-order valence-corrected chi connectivity index (χ1v) is 7.54. The third kappa shape index (κ3) is 6.99. The SMILES string of the molecule is Cc1cc(C(C)NCC(F)(F)CNC(=O)OC(C)(C)C)c(C)o1. The van der Waals surface area contributed by atoms with Gasteiger partial charge in [-0.2, -0.15) is 0 Å². The van der Waals surface area contributed by atoms with Crippen molar-refractivity contribution in [1.29, 1.82) is 0 Å². The largest absolute Gasteiger partial charge is 0.466 e. The number of rotatable bonds is 6. The van der Waals surface area contributed by atoms with Crippen molar-refractivity contribution in [2.75, 3.05) is 13.1 Å². The summed E-state index contributed by atoms with van der Waals surface area (Å²) < 4.78 is 38.0. The molecule has 0 aliphatic heterocycles.